The summed E-state index contributed by atoms with van der Waals surface area (Å²) in [5.74, 6) is -1.55. The van der Waals surface area contributed by atoms with Gasteiger partial charge in [0.2, 0.25) is 0 Å². The predicted octanol–water partition coefficient (Wildman–Crippen LogP) is 4.76. The van der Waals surface area contributed by atoms with E-state index >= 15 is 0 Å². The van der Waals surface area contributed by atoms with Crippen LogP contribution in [0.1, 0.15) is 0 Å². The van der Waals surface area contributed by atoms with E-state index in [0.29, 0.717) is 22.5 Å². The minimum Gasteiger partial charge on any atom is -0.507 e. The summed E-state index contributed by atoms with van der Waals surface area (Å²) in [5.41, 5.74) is 3.34. The van der Waals surface area contributed by atoms with Crippen molar-refractivity contribution in [3.05, 3.63) is 66.2 Å². The van der Waals surface area contributed by atoms with Crippen LogP contribution in [0.15, 0.2) is 54.6 Å². The average molecular weight is 362 g/mol. The molecule has 3 N–H and O–H groups in total. The van der Waals surface area contributed by atoms with Crippen LogP contribution in [0, 0.1) is 11.6 Å². The van der Waals surface area contributed by atoms with Crippen LogP contribution in [0.5, 0.6) is 5.75 Å². The van der Waals surface area contributed by atoms with Gasteiger partial charge in [-0.3, -0.25) is 5.10 Å². The predicted molar refractivity (Wildman–Crippen MR) is 98.2 cm³/mol. The number of aromatic amines is 2. The Hall–Kier alpha value is -3.74. The summed E-state index contributed by atoms with van der Waals surface area (Å²) in [7, 11) is 0. The molecule has 5 rings (SSSR count). The van der Waals surface area contributed by atoms with Crippen molar-refractivity contribution in [2.45, 2.75) is 0 Å². The van der Waals surface area contributed by atoms with Crippen LogP contribution in [-0.4, -0.2) is 25.3 Å². The first kappa shape index (κ1) is 15.5. The molecule has 0 saturated heterocycles. The molecule has 27 heavy (non-hydrogen) atoms. The third-order valence-electron chi connectivity index (χ3n) is 4.50. The number of rotatable bonds is 2. The lowest BCUT2D eigenvalue weighted by molar-refractivity contribution is 0.463. The number of phenols is 1. The summed E-state index contributed by atoms with van der Waals surface area (Å²) in [6, 6.07) is 14.3. The molecule has 132 valence electrons. The number of phenolic OH excluding ortho intramolecular Hbond substituents is 1. The topological polar surface area (TPSA) is 77.6 Å². The van der Waals surface area contributed by atoms with Crippen molar-refractivity contribution >= 4 is 21.9 Å². The Balaban J connectivity index is 1.71. The van der Waals surface area contributed by atoms with E-state index in [9.17, 15) is 13.9 Å². The van der Waals surface area contributed by atoms with Crippen LogP contribution in [0.3, 0.4) is 0 Å². The van der Waals surface area contributed by atoms with Crippen LogP contribution in [-0.2, 0) is 0 Å². The normalized spacial score (nSPS) is 11.5. The molecular weight excluding hydrogens is 350 g/mol. The maximum Gasteiger partial charge on any atom is 0.159 e. The second-order valence-corrected chi connectivity index (χ2v) is 6.22. The molecule has 0 amide bonds. The summed E-state index contributed by atoms with van der Waals surface area (Å²) in [4.78, 5) is 7.76. The second kappa shape index (κ2) is 5.63. The van der Waals surface area contributed by atoms with Gasteiger partial charge in [-0.15, -0.1) is 0 Å². The first-order valence-corrected chi connectivity index (χ1v) is 8.22. The Kier molecular flexibility index (Phi) is 3.24. The van der Waals surface area contributed by atoms with Gasteiger partial charge < -0.3 is 10.1 Å². The van der Waals surface area contributed by atoms with Crippen LogP contribution >= 0.6 is 0 Å². The van der Waals surface area contributed by atoms with E-state index in [1.807, 2.05) is 24.3 Å². The smallest absolute Gasteiger partial charge is 0.159 e. The summed E-state index contributed by atoms with van der Waals surface area (Å²) >= 11 is 0. The number of imidazole rings is 1. The molecule has 3 aromatic carbocycles. The van der Waals surface area contributed by atoms with Crippen molar-refractivity contribution in [3.8, 4) is 28.4 Å². The third-order valence-corrected chi connectivity index (χ3v) is 4.50. The molecule has 0 bridgehead atoms. The van der Waals surface area contributed by atoms with Gasteiger partial charge in [0, 0.05) is 17.5 Å². The minimum atomic E-state index is -0.833. The fourth-order valence-electron chi connectivity index (χ4n) is 3.26. The monoisotopic (exact) mass is 362 g/mol. The SMILES string of the molecule is Oc1cc(F)cc(F)c1-c1ccc2[nH]nc(-c3nc4ccccc4[nH]3)c2c1. The molecule has 0 unspecified atom stereocenters. The van der Waals surface area contributed by atoms with E-state index in [0.717, 1.165) is 28.7 Å². The quantitative estimate of drug-likeness (QED) is 0.424. The molecular formula is C20H12F2N4O. The first-order valence-electron chi connectivity index (χ1n) is 8.22. The molecule has 2 heterocycles. The molecule has 0 radical (unpaired) electrons. The van der Waals surface area contributed by atoms with E-state index in [2.05, 4.69) is 20.2 Å². The first-order chi connectivity index (χ1) is 13.1. The van der Waals surface area contributed by atoms with E-state index in [4.69, 9.17) is 0 Å². The Bertz CT molecular complexity index is 1270. The van der Waals surface area contributed by atoms with Gasteiger partial charge in [0.05, 0.1) is 22.1 Å². The number of aromatic hydroxyl groups is 1. The van der Waals surface area contributed by atoms with E-state index < -0.39 is 17.4 Å². The number of H-pyrrole nitrogens is 2. The Morgan fingerprint density at radius 1 is 0.926 bits per heavy atom. The Morgan fingerprint density at radius 3 is 2.59 bits per heavy atom. The summed E-state index contributed by atoms with van der Waals surface area (Å²) < 4.78 is 27.5. The highest BCUT2D eigenvalue weighted by molar-refractivity contribution is 5.96. The van der Waals surface area contributed by atoms with Crippen molar-refractivity contribution in [3.63, 3.8) is 0 Å². The molecule has 0 saturated carbocycles. The highest BCUT2D eigenvalue weighted by Crippen LogP contribution is 2.36. The molecule has 0 fully saturated rings. The van der Waals surface area contributed by atoms with Crippen molar-refractivity contribution in [1.29, 1.82) is 0 Å². The van der Waals surface area contributed by atoms with E-state index in [1.165, 1.54) is 0 Å². The minimum absolute atomic E-state index is 0.0601. The highest BCUT2D eigenvalue weighted by atomic mass is 19.1. The number of hydrogen-bond acceptors (Lipinski definition) is 3. The zero-order valence-electron chi connectivity index (χ0n) is 13.8. The van der Waals surface area contributed by atoms with E-state index in [-0.39, 0.29) is 5.56 Å². The van der Waals surface area contributed by atoms with Crippen molar-refractivity contribution < 1.29 is 13.9 Å². The number of nitrogens with zero attached hydrogens (tertiary/aromatic N) is 2. The van der Waals surface area contributed by atoms with Gasteiger partial charge >= 0.3 is 0 Å². The summed E-state index contributed by atoms with van der Waals surface area (Å²) in [6.07, 6.45) is 0. The average Bonchev–Trinajstić information content (AvgIpc) is 3.24. The molecule has 0 atom stereocenters. The number of hydrogen-bond donors (Lipinski definition) is 3. The fraction of sp³-hybridized carbons (Fsp3) is 0. The zero-order chi connectivity index (χ0) is 18.5. The second-order valence-electron chi connectivity index (χ2n) is 6.22. The molecule has 7 heteroatoms. The number of fused-ring (bicyclic) bond motifs is 2. The van der Waals surface area contributed by atoms with Gasteiger partial charge in [0.25, 0.3) is 0 Å². The summed E-state index contributed by atoms with van der Waals surface area (Å²) in [5, 5.41) is 18.0. The zero-order valence-corrected chi connectivity index (χ0v) is 13.8. The fourth-order valence-corrected chi connectivity index (χ4v) is 3.26. The number of para-hydroxylation sites is 2. The highest BCUT2D eigenvalue weighted by Gasteiger charge is 2.17. The van der Waals surface area contributed by atoms with Gasteiger partial charge in [0.1, 0.15) is 23.1 Å². The molecule has 0 aliphatic heterocycles. The van der Waals surface area contributed by atoms with E-state index in [1.54, 1.807) is 18.2 Å². The molecule has 0 aliphatic carbocycles. The lowest BCUT2D eigenvalue weighted by Crippen LogP contribution is -1.88. The van der Waals surface area contributed by atoms with Crippen LogP contribution in [0.4, 0.5) is 8.78 Å². The van der Waals surface area contributed by atoms with Crippen molar-refractivity contribution in [2.75, 3.05) is 0 Å². The maximum atomic E-state index is 14.2. The number of benzene rings is 3. The largest absolute Gasteiger partial charge is 0.507 e. The maximum absolute atomic E-state index is 14.2. The Labute approximate surface area is 151 Å². The molecule has 0 spiro atoms. The number of halogens is 2. The van der Waals surface area contributed by atoms with Crippen molar-refractivity contribution in [1.82, 2.24) is 20.2 Å². The molecule has 5 nitrogen and oxygen atoms in total. The van der Waals surface area contributed by atoms with Gasteiger partial charge in [-0.1, -0.05) is 18.2 Å². The van der Waals surface area contributed by atoms with Gasteiger partial charge in [-0.05, 0) is 29.8 Å². The van der Waals surface area contributed by atoms with Gasteiger partial charge in [-0.2, -0.15) is 5.10 Å². The molecule has 5 aromatic rings. The van der Waals surface area contributed by atoms with Crippen LogP contribution < -0.4 is 0 Å². The number of nitrogens with one attached hydrogen (secondary N) is 2. The standard InChI is InChI=1S/C20H12F2N4O/c21-11-8-13(22)18(17(27)9-11)10-5-6-14-12(7-10)19(26-25-14)20-23-15-3-1-2-4-16(15)24-20/h1-9,27H,(H,23,24)(H,25,26). The molecule has 2 aromatic heterocycles. The Morgan fingerprint density at radius 2 is 1.78 bits per heavy atom. The van der Waals surface area contributed by atoms with Crippen LogP contribution in [0.25, 0.3) is 44.6 Å². The van der Waals surface area contributed by atoms with Gasteiger partial charge in [0.15, 0.2) is 5.82 Å². The third kappa shape index (κ3) is 2.43. The van der Waals surface area contributed by atoms with Gasteiger partial charge in [-0.25, -0.2) is 13.8 Å². The van der Waals surface area contributed by atoms with Crippen LogP contribution in [0.2, 0.25) is 0 Å². The summed E-state index contributed by atoms with van der Waals surface area (Å²) in [6.45, 7) is 0. The lowest BCUT2D eigenvalue weighted by atomic mass is 10.0. The lowest BCUT2D eigenvalue weighted by Gasteiger charge is -2.07. The number of aromatic nitrogens is 4. The molecule has 0 aliphatic rings. The van der Waals surface area contributed by atoms with Crippen molar-refractivity contribution in [2.24, 2.45) is 0 Å².